The summed E-state index contributed by atoms with van der Waals surface area (Å²) in [5.74, 6) is 1.26. The molecule has 0 unspecified atom stereocenters. The number of aromatic amines is 1. The molecule has 1 saturated carbocycles. The number of halogens is 1. The molecule has 8 nitrogen and oxygen atoms in total. The second-order valence-electron chi connectivity index (χ2n) is 9.22. The number of nitrogens with one attached hydrogen (secondary N) is 2. The molecule has 0 atom stereocenters. The quantitative estimate of drug-likeness (QED) is 0.514. The van der Waals surface area contributed by atoms with Crippen LogP contribution in [0.5, 0.6) is 0 Å². The fourth-order valence-corrected chi connectivity index (χ4v) is 5.62. The van der Waals surface area contributed by atoms with Gasteiger partial charge in [0.05, 0.1) is 29.4 Å². The van der Waals surface area contributed by atoms with Gasteiger partial charge < -0.3 is 14.6 Å². The highest BCUT2D eigenvalue weighted by Crippen LogP contribution is 2.46. The fourth-order valence-electron chi connectivity index (χ4n) is 5.35. The van der Waals surface area contributed by atoms with Crippen LogP contribution in [0.4, 0.5) is 5.69 Å². The van der Waals surface area contributed by atoms with Crippen molar-refractivity contribution in [3.8, 4) is 0 Å². The van der Waals surface area contributed by atoms with Crippen molar-refractivity contribution in [2.45, 2.75) is 57.9 Å². The summed E-state index contributed by atoms with van der Waals surface area (Å²) >= 11 is 6.55. The van der Waals surface area contributed by atoms with Crippen LogP contribution in [-0.4, -0.2) is 44.3 Å². The van der Waals surface area contributed by atoms with Gasteiger partial charge in [-0.15, -0.1) is 10.2 Å². The van der Waals surface area contributed by atoms with E-state index >= 15 is 0 Å². The van der Waals surface area contributed by atoms with E-state index in [9.17, 15) is 4.79 Å². The third-order valence-electron chi connectivity index (χ3n) is 7.11. The second-order valence-corrected chi connectivity index (χ2v) is 9.62. The number of amides is 1. The first kappa shape index (κ1) is 21.4. The lowest BCUT2D eigenvalue weighted by Gasteiger charge is -2.47. The van der Waals surface area contributed by atoms with Gasteiger partial charge in [-0.05, 0) is 30.9 Å². The van der Waals surface area contributed by atoms with Crippen LogP contribution in [0.25, 0.3) is 10.9 Å². The van der Waals surface area contributed by atoms with Crippen LogP contribution in [0.15, 0.2) is 24.4 Å². The molecule has 9 heteroatoms. The van der Waals surface area contributed by atoms with Crippen molar-refractivity contribution in [2.24, 2.45) is 11.3 Å². The van der Waals surface area contributed by atoms with E-state index in [4.69, 9.17) is 16.3 Å². The minimum Gasteiger partial charge on any atom is -0.380 e. The van der Waals surface area contributed by atoms with Crippen LogP contribution >= 0.6 is 11.6 Å². The molecule has 3 heterocycles. The lowest BCUT2D eigenvalue weighted by atomic mass is 9.68. The summed E-state index contributed by atoms with van der Waals surface area (Å²) in [6, 6.07) is 5.80. The monoisotopic (exact) mass is 456 g/mol. The number of nitrogens with zero attached hydrogens (tertiary/aromatic N) is 4. The molecule has 3 aromatic rings. The normalized spacial score (nSPS) is 18.9. The lowest BCUT2D eigenvalue weighted by molar-refractivity contribution is -0.160. The molecule has 0 bridgehead atoms. The molecule has 1 aliphatic heterocycles. The van der Waals surface area contributed by atoms with Crippen LogP contribution < -0.4 is 5.32 Å². The molecule has 170 valence electrons. The van der Waals surface area contributed by atoms with Crippen LogP contribution in [0.2, 0.25) is 5.02 Å². The van der Waals surface area contributed by atoms with Gasteiger partial charge in [0.2, 0.25) is 5.91 Å². The summed E-state index contributed by atoms with van der Waals surface area (Å²) in [6.07, 6.45) is 10.6. The maximum atomic E-state index is 13.2. The molecular weight excluding hydrogens is 428 g/mol. The molecule has 0 spiro atoms. The van der Waals surface area contributed by atoms with Gasteiger partial charge in [-0.3, -0.25) is 4.79 Å². The molecule has 32 heavy (non-hydrogen) atoms. The Hall–Kier alpha value is -2.45. The first-order chi connectivity index (χ1) is 15.6. The summed E-state index contributed by atoms with van der Waals surface area (Å²) in [7, 11) is 0. The van der Waals surface area contributed by atoms with E-state index in [0.717, 1.165) is 16.6 Å². The van der Waals surface area contributed by atoms with E-state index in [1.165, 1.54) is 38.5 Å². The van der Waals surface area contributed by atoms with Crippen LogP contribution in [0.3, 0.4) is 0 Å². The Kier molecular flexibility index (Phi) is 6.15. The zero-order valence-electron chi connectivity index (χ0n) is 18.1. The predicted octanol–water partition coefficient (Wildman–Crippen LogP) is 4.37. The van der Waals surface area contributed by atoms with E-state index in [1.807, 2.05) is 24.4 Å². The van der Waals surface area contributed by atoms with Crippen molar-refractivity contribution in [3.63, 3.8) is 0 Å². The molecule has 1 amide bonds. The number of ether oxygens (including phenoxy) is 1. The van der Waals surface area contributed by atoms with Gasteiger partial charge in [0.25, 0.3) is 0 Å². The number of aryl methyl sites for hydroxylation is 2. The van der Waals surface area contributed by atoms with E-state index in [-0.39, 0.29) is 11.3 Å². The number of carbonyl (C=O) groups is 1. The maximum absolute atomic E-state index is 13.2. The number of tetrazole rings is 1. The summed E-state index contributed by atoms with van der Waals surface area (Å²) in [6.45, 7) is 2.04. The van der Waals surface area contributed by atoms with E-state index < -0.39 is 0 Å². The zero-order chi connectivity index (χ0) is 22.0. The highest BCUT2D eigenvalue weighted by atomic mass is 35.5. The fraction of sp³-hybridized carbons (Fsp3) is 0.565. The number of benzene rings is 1. The number of carbonyl (C=O) groups excluding carboxylic acids is 1. The maximum Gasteiger partial charge on any atom is 0.225 e. The molecule has 1 saturated heterocycles. The number of aromatic nitrogens is 5. The molecule has 2 N–H and O–H groups in total. The van der Waals surface area contributed by atoms with Gasteiger partial charge in [0.1, 0.15) is 0 Å². The molecule has 2 aromatic heterocycles. The number of fused-ring (bicyclic) bond motifs is 1. The zero-order valence-corrected chi connectivity index (χ0v) is 18.9. The van der Waals surface area contributed by atoms with Gasteiger partial charge >= 0.3 is 0 Å². The highest BCUT2D eigenvalue weighted by molar-refractivity contribution is 6.36. The van der Waals surface area contributed by atoms with E-state index in [1.54, 1.807) is 0 Å². The minimum atomic E-state index is -0.0186. The second kappa shape index (κ2) is 9.19. The first-order valence-corrected chi connectivity index (χ1v) is 11.9. The van der Waals surface area contributed by atoms with Gasteiger partial charge in [0, 0.05) is 36.4 Å². The average molecular weight is 457 g/mol. The highest BCUT2D eigenvalue weighted by Gasteiger charge is 2.46. The Morgan fingerprint density at radius 1 is 1.25 bits per heavy atom. The van der Waals surface area contributed by atoms with Gasteiger partial charge in [-0.2, -0.15) is 5.21 Å². The Labute approximate surface area is 192 Å². The van der Waals surface area contributed by atoms with Crippen molar-refractivity contribution in [2.75, 3.05) is 18.5 Å². The summed E-state index contributed by atoms with van der Waals surface area (Å²) < 4.78 is 7.70. The third kappa shape index (κ3) is 4.26. The van der Waals surface area contributed by atoms with Crippen molar-refractivity contribution in [1.29, 1.82) is 0 Å². The Balaban J connectivity index is 1.34. The third-order valence-corrected chi connectivity index (χ3v) is 7.42. The topological polar surface area (TPSA) is 97.7 Å². The molecule has 5 rings (SSSR count). The van der Waals surface area contributed by atoms with E-state index in [2.05, 4.69) is 30.5 Å². The van der Waals surface area contributed by atoms with Crippen molar-refractivity contribution < 1.29 is 9.53 Å². The largest absolute Gasteiger partial charge is 0.380 e. The lowest BCUT2D eigenvalue weighted by Crippen LogP contribution is -2.50. The molecular formula is C23H29ClN6O2. The molecule has 2 aliphatic rings. The number of anilines is 1. The van der Waals surface area contributed by atoms with Gasteiger partial charge in [-0.1, -0.05) is 48.6 Å². The van der Waals surface area contributed by atoms with Gasteiger partial charge in [0.15, 0.2) is 5.82 Å². The molecule has 1 aliphatic carbocycles. The molecule has 1 aromatic carbocycles. The molecule has 2 fully saturated rings. The SMILES string of the molecule is O=C(CC1(C2CCCCCC2)COC1)Nc1cn(CCc2nn[nH]n2)c2cccc(Cl)c12. The number of hydrogen-bond donors (Lipinski definition) is 2. The summed E-state index contributed by atoms with van der Waals surface area (Å²) in [5, 5.41) is 18.8. The number of H-pyrrole nitrogens is 1. The molecule has 0 radical (unpaired) electrons. The predicted molar refractivity (Wildman–Crippen MR) is 123 cm³/mol. The Morgan fingerprint density at radius 3 is 2.75 bits per heavy atom. The van der Waals surface area contributed by atoms with Gasteiger partial charge in [-0.25, -0.2) is 0 Å². The van der Waals surface area contributed by atoms with Crippen molar-refractivity contribution in [3.05, 3.63) is 35.2 Å². The smallest absolute Gasteiger partial charge is 0.225 e. The number of hydrogen-bond acceptors (Lipinski definition) is 5. The minimum absolute atomic E-state index is 0.0186. The van der Waals surface area contributed by atoms with Crippen molar-refractivity contribution in [1.82, 2.24) is 25.2 Å². The average Bonchev–Trinajstić information content (AvgIpc) is 3.30. The number of rotatable bonds is 7. The van der Waals surface area contributed by atoms with E-state index in [0.29, 0.717) is 49.4 Å². The standard InChI is InChI=1S/C23H29ClN6O2/c24-17-8-5-9-19-22(17)18(13-30(19)11-10-20-26-28-29-27-20)25-21(31)12-23(14-32-15-23)16-6-3-1-2-4-7-16/h5,8-9,13,16H,1-4,6-7,10-12,14-15H2,(H,25,31)(H,26,27,28,29). The first-order valence-electron chi connectivity index (χ1n) is 11.5. The van der Waals surface area contributed by atoms with Crippen LogP contribution in [0, 0.1) is 11.3 Å². The van der Waals surface area contributed by atoms with Crippen LogP contribution in [-0.2, 0) is 22.5 Å². The summed E-state index contributed by atoms with van der Waals surface area (Å²) in [5.41, 5.74) is 1.71. The summed E-state index contributed by atoms with van der Waals surface area (Å²) in [4.78, 5) is 13.2. The Morgan fingerprint density at radius 2 is 2.06 bits per heavy atom. The van der Waals surface area contributed by atoms with Crippen molar-refractivity contribution >= 4 is 34.1 Å². The van der Waals surface area contributed by atoms with Crippen LogP contribution in [0.1, 0.15) is 50.8 Å². The Bertz CT molecular complexity index is 1070.